The predicted molar refractivity (Wildman–Crippen MR) is 90.4 cm³/mol. The number of aliphatic carboxylic acids is 1. The number of hydrogen-bond donors (Lipinski definition) is 2. The predicted octanol–water partition coefficient (Wildman–Crippen LogP) is 0.0713. The molecule has 3 N–H and O–H groups in total. The first-order chi connectivity index (χ1) is 12.3. The van der Waals surface area contributed by atoms with Crippen LogP contribution in [0.3, 0.4) is 0 Å². The maximum Gasteiger partial charge on any atom is 0.320 e. The number of nitrogens with zero attached hydrogens (tertiary/aromatic N) is 3. The van der Waals surface area contributed by atoms with Crippen molar-refractivity contribution >= 4 is 23.5 Å². The molecule has 1 atom stereocenters. The fourth-order valence-electron chi connectivity index (χ4n) is 2.63. The molecule has 0 aromatic heterocycles. The van der Waals surface area contributed by atoms with Crippen molar-refractivity contribution in [1.29, 1.82) is 0 Å². The van der Waals surface area contributed by atoms with Crippen LogP contribution in [0.1, 0.15) is 23.2 Å². The van der Waals surface area contributed by atoms with Gasteiger partial charge in [-0.05, 0) is 18.6 Å². The fourth-order valence-corrected chi connectivity index (χ4v) is 2.63. The van der Waals surface area contributed by atoms with Gasteiger partial charge < -0.3 is 20.6 Å². The van der Waals surface area contributed by atoms with Crippen LogP contribution in [0.25, 0.3) is 0 Å². The Kier molecular flexibility index (Phi) is 6.23. The first-order valence-corrected chi connectivity index (χ1v) is 8.09. The van der Waals surface area contributed by atoms with Crippen molar-refractivity contribution in [2.24, 2.45) is 5.73 Å². The third-order valence-electron chi connectivity index (χ3n) is 4.23. The summed E-state index contributed by atoms with van der Waals surface area (Å²) in [4.78, 5) is 48.4. The summed E-state index contributed by atoms with van der Waals surface area (Å²) in [5.74, 6) is -1.58. The highest BCUT2D eigenvalue weighted by Crippen LogP contribution is 2.15. The van der Waals surface area contributed by atoms with E-state index >= 15 is 0 Å². The lowest BCUT2D eigenvalue weighted by molar-refractivity contribution is -0.384. The molecule has 0 bridgehead atoms. The van der Waals surface area contributed by atoms with Gasteiger partial charge in [-0.2, -0.15) is 0 Å². The number of carboxylic acid groups (broad SMARTS) is 1. The van der Waals surface area contributed by atoms with Gasteiger partial charge in [0.05, 0.1) is 4.92 Å². The van der Waals surface area contributed by atoms with E-state index in [1.54, 1.807) is 9.80 Å². The maximum absolute atomic E-state index is 12.4. The Morgan fingerprint density at radius 3 is 2.15 bits per heavy atom. The number of carbonyl (C=O) groups excluding carboxylic acids is 2. The summed E-state index contributed by atoms with van der Waals surface area (Å²) in [6.07, 6.45) is 0.111. The summed E-state index contributed by atoms with van der Waals surface area (Å²) < 4.78 is 0. The Labute approximate surface area is 149 Å². The largest absolute Gasteiger partial charge is 0.480 e. The molecule has 1 aromatic carbocycles. The average Bonchev–Trinajstić information content (AvgIpc) is 2.65. The van der Waals surface area contributed by atoms with E-state index in [0.29, 0.717) is 31.7 Å². The summed E-state index contributed by atoms with van der Waals surface area (Å²) in [6.45, 7) is 1.37. The molecule has 140 valence electrons. The monoisotopic (exact) mass is 364 g/mol. The summed E-state index contributed by atoms with van der Waals surface area (Å²) in [6, 6.07) is 4.30. The first kappa shape index (κ1) is 19.3. The lowest BCUT2D eigenvalue weighted by Crippen LogP contribution is -2.50. The van der Waals surface area contributed by atoms with E-state index in [2.05, 4.69) is 0 Å². The smallest absolute Gasteiger partial charge is 0.320 e. The number of non-ortho nitro benzene ring substituents is 1. The molecule has 1 heterocycles. The van der Waals surface area contributed by atoms with Gasteiger partial charge in [0.25, 0.3) is 11.6 Å². The maximum atomic E-state index is 12.4. The number of carboxylic acids is 1. The highest BCUT2D eigenvalue weighted by molar-refractivity contribution is 5.94. The second-order valence-corrected chi connectivity index (χ2v) is 5.96. The number of rotatable bonds is 6. The first-order valence-electron chi connectivity index (χ1n) is 8.09. The van der Waals surface area contributed by atoms with Crippen LogP contribution < -0.4 is 5.73 Å². The second-order valence-electron chi connectivity index (χ2n) is 5.96. The van der Waals surface area contributed by atoms with Crippen molar-refractivity contribution < 1.29 is 24.4 Å². The molecular weight excluding hydrogens is 344 g/mol. The van der Waals surface area contributed by atoms with E-state index in [-0.39, 0.29) is 30.3 Å². The Bertz CT molecular complexity index is 697. The van der Waals surface area contributed by atoms with Gasteiger partial charge in [0.15, 0.2) is 0 Å². The molecule has 1 fully saturated rings. The van der Waals surface area contributed by atoms with E-state index in [9.17, 15) is 24.5 Å². The third kappa shape index (κ3) is 4.76. The molecule has 2 amide bonds. The van der Waals surface area contributed by atoms with Crippen molar-refractivity contribution in [3.8, 4) is 0 Å². The van der Waals surface area contributed by atoms with Crippen LogP contribution in [-0.2, 0) is 9.59 Å². The highest BCUT2D eigenvalue weighted by Gasteiger charge is 2.25. The van der Waals surface area contributed by atoms with Crippen molar-refractivity contribution in [2.75, 3.05) is 26.2 Å². The van der Waals surface area contributed by atoms with Crippen LogP contribution in [0.15, 0.2) is 24.3 Å². The van der Waals surface area contributed by atoms with Gasteiger partial charge in [0, 0.05) is 50.3 Å². The number of nitrogens with two attached hydrogens (primary N) is 1. The molecule has 2 rings (SSSR count). The van der Waals surface area contributed by atoms with Gasteiger partial charge in [-0.25, -0.2) is 0 Å². The summed E-state index contributed by atoms with van der Waals surface area (Å²) >= 11 is 0. The summed E-state index contributed by atoms with van der Waals surface area (Å²) in [5.41, 5.74) is 5.65. The van der Waals surface area contributed by atoms with E-state index in [1.807, 2.05) is 0 Å². The Morgan fingerprint density at radius 2 is 1.65 bits per heavy atom. The molecule has 10 nitrogen and oxygen atoms in total. The fraction of sp³-hybridized carbons (Fsp3) is 0.438. The molecule has 0 aliphatic carbocycles. The quantitative estimate of drug-likeness (QED) is 0.536. The molecule has 26 heavy (non-hydrogen) atoms. The van der Waals surface area contributed by atoms with Crippen molar-refractivity contribution in [1.82, 2.24) is 9.80 Å². The zero-order valence-corrected chi connectivity index (χ0v) is 14.0. The van der Waals surface area contributed by atoms with E-state index in [4.69, 9.17) is 10.8 Å². The minimum absolute atomic E-state index is 0.0454. The van der Waals surface area contributed by atoms with Crippen molar-refractivity contribution in [3.05, 3.63) is 39.9 Å². The molecule has 1 aliphatic heterocycles. The van der Waals surface area contributed by atoms with Crippen molar-refractivity contribution in [2.45, 2.75) is 18.9 Å². The average molecular weight is 364 g/mol. The number of benzene rings is 1. The Hall–Kier alpha value is -3.01. The van der Waals surface area contributed by atoms with Crippen LogP contribution in [-0.4, -0.2) is 69.8 Å². The van der Waals surface area contributed by atoms with Gasteiger partial charge in [-0.1, -0.05) is 0 Å². The van der Waals surface area contributed by atoms with E-state index < -0.39 is 16.9 Å². The van der Waals surface area contributed by atoms with Crippen LogP contribution >= 0.6 is 0 Å². The zero-order valence-electron chi connectivity index (χ0n) is 14.0. The number of nitro groups is 1. The molecule has 1 aliphatic rings. The summed E-state index contributed by atoms with van der Waals surface area (Å²) in [5, 5.41) is 19.4. The molecule has 0 spiro atoms. The molecule has 1 saturated heterocycles. The van der Waals surface area contributed by atoms with Crippen LogP contribution in [0.5, 0.6) is 0 Å². The lowest BCUT2D eigenvalue weighted by Gasteiger charge is -2.35. The molecule has 0 unspecified atom stereocenters. The van der Waals surface area contributed by atoms with Gasteiger partial charge in [0.2, 0.25) is 5.91 Å². The Morgan fingerprint density at radius 1 is 1.12 bits per heavy atom. The number of hydrogen-bond acceptors (Lipinski definition) is 6. The molecule has 0 saturated carbocycles. The lowest BCUT2D eigenvalue weighted by atomic mass is 10.1. The van der Waals surface area contributed by atoms with E-state index in [1.165, 1.54) is 24.3 Å². The van der Waals surface area contributed by atoms with Gasteiger partial charge in [0.1, 0.15) is 6.04 Å². The molecular formula is C16H20N4O6. The standard InChI is InChI=1S/C16H20N4O6/c17-13(16(23)24)5-6-14(21)18-7-9-19(10-8-18)15(22)11-1-3-12(4-2-11)20(25)26/h1-4,13H,5-10,17H2,(H,23,24)/t13-/m0/s1. The number of amides is 2. The zero-order chi connectivity index (χ0) is 19.3. The van der Waals surface area contributed by atoms with Gasteiger partial charge >= 0.3 is 5.97 Å². The van der Waals surface area contributed by atoms with E-state index in [0.717, 1.165) is 0 Å². The van der Waals surface area contributed by atoms with Gasteiger partial charge in [-0.3, -0.25) is 24.5 Å². The number of piperazine rings is 1. The van der Waals surface area contributed by atoms with Crippen molar-refractivity contribution in [3.63, 3.8) is 0 Å². The molecule has 10 heteroatoms. The normalized spacial score (nSPS) is 15.4. The Balaban J connectivity index is 1.85. The van der Waals surface area contributed by atoms with Crippen LogP contribution in [0, 0.1) is 10.1 Å². The summed E-state index contributed by atoms with van der Waals surface area (Å²) in [7, 11) is 0. The minimum atomic E-state index is -1.14. The second kappa shape index (κ2) is 8.39. The molecule has 1 aromatic rings. The number of nitro benzene ring substituents is 1. The molecule has 0 radical (unpaired) electrons. The van der Waals surface area contributed by atoms with Crippen LogP contribution in [0.4, 0.5) is 5.69 Å². The van der Waals surface area contributed by atoms with Gasteiger partial charge in [-0.15, -0.1) is 0 Å². The topological polar surface area (TPSA) is 147 Å². The number of carbonyl (C=O) groups is 3. The van der Waals surface area contributed by atoms with Crippen LogP contribution in [0.2, 0.25) is 0 Å². The highest BCUT2D eigenvalue weighted by atomic mass is 16.6. The third-order valence-corrected chi connectivity index (χ3v) is 4.23. The SMILES string of the molecule is N[C@@H](CCC(=O)N1CCN(C(=O)c2ccc([N+](=O)[O-])cc2)CC1)C(=O)O. The minimum Gasteiger partial charge on any atom is -0.480 e.